The molecule has 112 valence electrons. The molecule has 1 amide bonds. The molecule has 21 heavy (non-hydrogen) atoms. The van der Waals surface area contributed by atoms with E-state index in [-0.39, 0.29) is 11.8 Å². The number of rotatable bonds is 4. The second kappa shape index (κ2) is 5.34. The fourth-order valence-corrected chi connectivity index (χ4v) is 3.58. The highest BCUT2D eigenvalue weighted by molar-refractivity contribution is 5.94. The number of piperidine rings is 3. The van der Waals surface area contributed by atoms with Crippen molar-refractivity contribution >= 4 is 17.3 Å². The molecule has 1 saturated carbocycles. The average molecular weight is 285 g/mol. The standard InChI is InChI=1S/C17H23N3O/c21-17(13-1-2-13)19-15-5-3-14(4-6-15)18-16-11-20-9-7-12(16)8-10-20/h3-6,12-13,16,18H,1-2,7-11H2,(H,19,21)/t16-/m1/s1. The molecule has 0 radical (unpaired) electrons. The third-order valence-electron chi connectivity index (χ3n) is 5.11. The Kier molecular flexibility index (Phi) is 3.34. The molecule has 3 saturated heterocycles. The largest absolute Gasteiger partial charge is 0.381 e. The normalized spacial score (nSPS) is 31.0. The minimum atomic E-state index is 0.174. The molecule has 1 aromatic rings. The van der Waals surface area contributed by atoms with Crippen LogP contribution >= 0.6 is 0 Å². The zero-order chi connectivity index (χ0) is 14.2. The van der Waals surface area contributed by atoms with Crippen LogP contribution in [0.1, 0.15) is 25.7 Å². The molecule has 1 aliphatic carbocycles. The monoisotopic (exact) mass is 285 g/mol. The van der Waals surface area contributed by atoms with Gasteiger partial charge in [-0.3, -0.25) is 4.79 Å². The van der Waals surface area contributed by atoms with E-state index in [0.717, 1.165) is 30.1 Å². The number of fused-ring (bicyclic) bond motifs is 3. The van der Waals surface area contributed by atoms with Crippen LogP contribution < -0.4 is 10.6 Å². The molecule has 3 heterocycles. The summed E-state index contributed by atoms with van der Waals surface area (Å²) in [4.78, 5) is 14.3. The molecule has 0 spiro atoms. The molecular formula is C17H23N3O. The van der Waals surface area contributed by atoms with Gasteiger partial charge in [0, 0.05) is 29.9 Å². The number of hydrogen-bond acceptors (Lipinski definition) is 3. The van der Waals surface area contributed by atoms with Gasteiger partial charge in [0.15, 0.2) is 0 Å². The summed E-state index contributed by atoms with van der Waals surface area (Å²) in [7, 11) is 0. The molecule has 1 aromatic carbocycles. The van der Waals surface area contributed by atoms with Gasteiger partial charge in [-0.25, -0.2) is 0 Å². The van der Waals surface area contributed by atoms with Crippen LogP contribution in [0.25, 0.3) is 0 Å². The van der Waals surface area contributed by atoms with Crippen molar-refractivity contribution < 1.29 is 4.79 Å². The number of nitrogens with zero attached hydrogens (tertiary/aromatic N) is 1. The fourth-order valence-electron chi connectivity index (χ4n) is 3.58. The van der Waals surface area contributed by atoms with E-state index in [4.69, 9.17) is 0 Å². The fraction of sp³-hybridized carbons (Fsp3) is 0.588. The maximum atomic E-state index is 11.7. The van der Waals surface area contributed by atoms with Crippen LogP contribution in [0.5, 0.6) is 0 Å². The second-order valence-electron chi connectivity index (χ2n) is 6.73. The van der Waals surface area contributed by atoms with Gasteiger partial charge in [-0.2, -0.15) is 0 Å². The van der Waals surface area contributed by atoms with Gasteiger partial charge >= 0.3 is 0 Å². The average Bonchev–Trinajstić information content (AvgIpc) is 3.35. The quantitative estimate of drug-likeness (QED) is 0.893. The first-order chi connectivity index (χ1) is 10.3. The van der Waals surface area contributed by atoms with E-state index in [1.807, 2.05) is 12.1 Å². The maximum Gasteiger partial charge on any atom is 0.227 e. The van der Waals surface area contributed by atoms with Crippen molar-refractivity contribution in [3.63, 3.8) is 0 Å². The SMILES string of the molecule is O=C(Nc1ccc(N[C@@H]2CN3CCC2CC3)cc1)C1CC1. The molecule has 4 aliphatic rings. The van der Waals surface area contributed by atoms with Crippen molar-refractivity contribution in [1.82, 2.24) is 4.90 Å². The Morgan fingerprint density at radius 2 is 1.67 bits per heavy atom. The van der Waals surface area contributed by atoms with Crippen LogP contribution in [0, 0.1) is 11.8 Å². The Bertz CT molecular complexity index is 515. The minimum Gasteiger partial charge on any atom is -0.381 e. The van der Waals surface area contributed by atoms with Crippen molar-refractivity contribution in [3.05, 3.63) is 24.3 Å². The molecule has 4 fully saturated rings. The Labute approximate surface area is 125 Å². The summed E-state index contributed by atoms with van der Waals surface area (Å²) < 4.78 is 0. The highest BCUT2D eigenvalue weighted by Crippen LogP contribution is 2.31. The molecular weight excluding hydrogens is 262 g/mol. The van der Waals surface area contributed by atoms with Crippen LogP contribution in [0.15, 0.2) is 24.3 Å². The zero-order valence-electron chi connectivity index (χ0n) is 12.3. The highest BCUT2D eigenvalue weighted by Gasteiger charge is 2.34. The first kappa shape index (κ1) is 13.1. The number of carbonyl (C=O) groups excluding carboxylic acids is 1. The van der Waals surface area contributed by atoms with Crippen LogP contribution in [-0.2, 0) is 4.79 Å². The van der Waals surface area contributed by atoms with Crippen LogP contribution in [-0.4, -0.2) is 36.5 Å². The van der Waals surface area contributed by atoms with Gasteiger partial charge in [0.1, 0.15) is 0 Å². The minimum absolute atomic E-state index is 0.174. The molecule has 3 aliphatic heterocycles. The molecule has 1 atom stereocenters. The Balaban J connectivity index is 1.36. The summed E-state index contributed by atoms with van der Waals surface area (Å²) in [5.41, 5.74) is 2.07. The topological polar surface area (TPSA) is 44.4 Å². The molecule has 0 unspecified atom stereocenters. The molecule has 2 bridgehead atoms. The van der Waals surface area contributed by atoms with E-state index in [1.54, 1.807) is 0 Å². The van der Waals surface area contributed by atoms with Crippen LogP contribution in [0.2, 0.25) is 0 Å². The van der Waals surface area contributed by atoms with Gasteiger partial charge in [-0.1, -0.05) is 0 Å². The van der Waals surface area contributed by atoms with Crippen molar-refractivity contribution in [3.8, 4) is 0 Å². The summed E-state index contributed by atoms with van der Waals surface area (Å²) in [6.45, 7) is 3.72. The van der Waals surface area contributed by atoms with Crippen molar-refractivity contribution in [2.24, 2.45) is 11.8 Å². The third kappa shape index (κ3) is 2.91. The Morgan fingerprint density at radius 3 is 2.24 bits per heavy atom. The van der Waals surface area contributed by atoms with Gasteiger partial charge < -0.3 is 15.5 Å². The second-order valence-corrected chi connectivity index (χ2v) is 6.73. The number of carbonyl (C=O) groups is 1. The molecule has 4 heteroatoms. The lowest BCUT2D eigenvalue weighted by Crippen LogP contribution is -2.53. The third-order valence-corrected chi connectivity index (χ3v) is 5.11. The first-order valence-electron chi connectivity index (χ1n) is 8.18. The lowest BCUT2D eigenvalue weighted by atomic mass is 9.84. The number of anilines is 2. The zero-order valence-corrected chi connectivity index (χ0v) is 12.3. The Morgan fingerprint density at radius 1 is 1.00 bits per heavy atom. The van der Waals surface area contributed by atoms with E-state index in [0.29, 0.717) is 6.04 Å². The van der Waals surface area contributed by atoms with Crippen LogP contribution in [0.4, 0.5) is 11.4 Å². The van der Waals surface area contributed by atoms with Crippen molar-refractivity contribution in [2.45, 2.75) is 31.7 Å². The van der Waals surface area contributed by atoms with Crippen molar-refractivity contribution in [1.29, 1.82) is 0 Å². The lowest BCUT2D eigenvalue weighted by Gasteiger charge is -2.45. The lowest BCUT2D eigenvalue weighted by molar-refractivity contribution is -0.117. The van der Waals surface area contributed by atoms with Gasteiger partial charge in [-0.15, -0.1) is 0 Å². The number of hydrogen-bond donors (Lipinski definition) is 2. The predicted molar refractivity (Wildman–Crippen MR) is 84.4 cm³/mol. The molecule has 4 nitrogen and oxygen atoms in total. The predicted octanol–water partition coefficient (Wildman–Crippen LogP) is 2.54. The molecule has 5 rings (SSSR count). The summed E-state index contributed by atoms with van der Waals surface area (Å²) >= 11 is 0. The molecule has 0 aromatic heterocycles. The molecule has 2 N–H and O–H groups in total. The smallest absolute Gasteiger partial charge is 0.227 e. The van der Waals surface area contributed by atoms with Gasteiger partial charge in [0.2, 0.25) is 5.91 Å². The number of nitrogens with one attached hydrogen (secondary N) is 2. The summed E-state index contributed by atoms with van der Waals surface area (Å²) in [6, 6.07) is 8.76. The summed E-state index contributed by atoms with van der Waals surface area (Å²) in [6.07, 6.45) is 4.75. The van der Waals surface area contributed by atoms with Gasteiger partial charge in [0.05, 0.1) is 0 Å². The summed E-state index contributed by atoms with van der Waals surface area (Å²) in [5, 5.41) is 6.66. The number of benzene rings is 1. The van der Waals surface area contributed by atoms with Crippen LogP contribution in [0.3, 0.4) is 0 Å². The first-order valence-corrected chi connectivity index (χ1v) is 8.18. The van der Waals surface area contributed by atoms with E-state index in [1.165, 1.54) is 32.5 Å². The van der Waals surface area contributed by atoms with E-state index in [9.17, 15) is 4.79 Å². The highest BCUT2D eigenvalue weighted by atomic mass is 16.2. The van der Waals surface area contributed by atoms with Gasteiger partial charge in [0.25, 0.3) is 0 Å². The Hall–Kier alpha value is -1.55. The van der Waals surface area contributed by atoms with E-state index < -0.39 is 0 Å². The van der Waals surface area contributed by atoms with E-state index in [2.05, 4.69) is 27.7 Å². The summed E-state index contributed by atoms with van der Waals surface area (Å²) in [5.74, 6) is 1.26. The van der Waals surface area contributed by atoms with E-state index >= 15 is 0 Å². The maximum absolute atomic E-state index is 11.7. The number of amides is 1. The van der Waals surface area contributed by atoms with Gasteiger partial charge in [-0.05, 0) is 69.0 Å². The van der Waals surface area contributed by atoms with Crippen molar-refractivity contribution in [2.75, 3.05) is 30.3 Å².